The molecule has 0 spiro atoms. The van der Waals surface area contributed by atoms with Gasteiger partial charge in [-0.05, 0) is 47.9 Å². The van der Waals surface area contributed by atoms with E-state index in [0.717, 1.165) is 16.7 Å². The van der Waals surface area contributed by atoms with E-state index in [4.69, 9.17) is 11.6 Å². The minimum absolute atomic E-state index is 0.0213. The maximum Gasteiger partial charge on any atom is 0.273 e. The zero-order valence-corrected chi connectivity index (χ0v) is 17.9. The van der Waals surface area contributed by atoms with E-state index in [1.807, 2.05) is 30.3 Å². The van der Waals surface area contributed by atoms with Crippen molar-refractivity contribution < 1.29 is 14.3 Å². The maximum absolute atomic E-state index is 13.7. The summed E-state index contributed by atoms with van der Waals surface area (Å²) in [5.74, 6) is -0.550. The van der Waals surface area contributed by atoms with Crippen LogP contribution in [-0.4, -0.2) is 26.1 Å². The number of carbonyl (C=O) groups is 1. The number of carbonyl (C=O) groups excluding carboxylic acids is 1. The molecule has 2 heterocycles. The second-order valence-corrected chi connectivity index (χ2v) is 8.26. The highest BCUT2D eigenvalue weighted by Gasteiger charge is 2.42. The normalized spacial score (nSPS) is 15.3. The zero-order valence-electron chi connectivity index (χ0n) is 17.1. The lowest BCUT2D eigenvalue weighted by Gasteiger charge is -2.26. The van der Waals surface area contributed by atoms with E-state index in [0.29, 0.717) is 34.1 Å². The predicted molar refractivity (Wildman–Crippen MR) is 120 cm³/mol. The number of aromatic hydroxyl groups is 1. The fourth-order valence-electron chi connectivity index (χ4n) is 4.19. The number of H-pyrrole nitrogens is 1. The molecule has 5 rings (SSSR count). The molecule has 2 N–H and O–H groups in total. The average molecular weight is 448 g/mol. The highest BCUT2D eigenvalue weighted by molar-refractivity contribution is 6.31. The number of nitrogens with zero attached hydrogens (tertiary/aromatic N) is 2. The Morgan fingerprint density at radius 2 is 1.84 bits per heavy atom. The molecule has 160 valence electrons. The molecule has 1 aliphatic heterocycles. The Bertz CT molecular complexity index is 1320. The number of aryl methyl sites for hydroxylation is 1. The van der Waals surface area contributed by atoms with Crippen molar-refractivity contribution in [1.82, 2.24) is 15.1 Å². The second-order valence-electron chi connectivity index (χ2n) is 7.85. The van der Waals surface area contributed by atoms with E-state index in [-0.39, 0.29) is 17.5 Å². The van der Waals surface area contributed by atoms with Crippen molar-refractivity contribution in [2.24, 2.45) is 0 Å². The lowest BCUT2D eigenvalue weighted by atomic mass is 9.95. The summed E-state index contributed by atoms with van der Waals surface area (Å²) in [6, 6.07) is 18.4. The van der Waals surface area contributed by atoms with Crippen molar-refractivity contribution in [3.63, 3.8) is 0 Å². The SMILES string of the molecule is Cc1cc(O)c(-c2n[nH]c3c2C(c2ccc(F)cc2)N(Cc2ccccc2)C3=O)cc1Cl. The highest BCUT2D eigenvalue weighted by atomic mass is 35.5. The van der Waals surface area contributed by atoms with Gasteiger partial charge in [-0.25, -0.2) is 4.39 Å². The largest absolute Gasteiger partial charge is 0.507 e. The van der Waals surface area contributed by atoms with Gasteiger partial charge < -0.3 is 10.0 Å². The molecular formula is C25H19ClFN3O2. The van der Waals surface area contributed by atoms with E-state index >= 15 is 0 Å². The van der Waals surface area contributed by atoms with Gasteiger partial charge >= 0.3 is 0 Å². The number of halogens is 2. The van der Waals surface area contributed by atoms with E-state index in [1.165, 1.54) is 12.1 Å². The van der Waals surface area contributed by atoms with Gasteiger partial charge in [0.25, 0.3) is 5.91 Å². The van der Waals surface area contributed by atoms with Gasteiger partial charge in [-0.15, -0.1) is 0 Å². The van der Waals surface area contributed by atoms with Crippen LogP contribution in [0.15, 0.2) is 66.7 Å². The van der Waals surface area contributed by atoms with Gasteiger partial charge in [-0.2, -0.15) is 5.10 Å². The molecule has 32 heavy (non-hydrogen) atoms. The van der Waals surface area contributed by atoms with Crippen molar-refractivity contribution in [3.8, 4) is 17.0 Å². The van der Waals surface area contributed by atoms with Gasteiger partial charge in [-0.1, -0.05) is 54.1 Å². The van der Waals surface area contributed by atoms with Crippen molar-refractivity contribution in [1.29, 1.82) is 0 Å². The van der Waals surface area contributed by atoms with E-state index in [9.17, 15) is 14.3 Å². The third-order valence-corrected chi connectivity index (χ3v) is 6.18. The van der Waals surface area contributed by atoms with Gasteiger partial charge in [0.15, 0.2) is 0 Å². The number of aromatic nitrogens is 2. The number of hydrogen-bond acceptors (Lipinski definition) is 3. The fraction of sp³-hybridized carbons (Fsp3) is 0.120. The zero-order chi connectivity index (χ0) is 22.4. The van der Waals surface area contributed by atoms with E-state index in [2.05, 4.69) is 10.2 Å². The van der Waals surface area contributed by atoms with Crippen LogP contribution in [0.1, 0.15) is 38.8 Å². The van der Waals surface area contributed by atoms with E-state index < -0.39 is 6.04 Å². The summed E-state index contributed by atoms with van der Waals surface area (Å²) in [5, 5.41) is 18.3. The van der Waals surface area contributed by atoms with Gasteiger partial charge in [-0.3, -0.25) is 9.89 Å². The minimum atomic E-state index is -0.508. The summed E-state index contributed by atoms with van der Waals surface area (Å²) in [4.78, 5) is 15.1. The van der Waals surface area contributed by atoms with Crippen LogP contribution in [0.4, 0.5) is 4.39 Å². The van der Waals surface area contributed by atoms with Crippen LogP contribution in [0.2, 0.25) is 5.02 Å². The van der Waals surface area contributed by atoms with Crippen molar-refractivity contribution in [2.75, 3.05) is 0 Å². The highest BCUT2D eigenvalue weighted by Crippen LogP contribution is 2.45. The smallest absolute Gasteiger partial charge is 0.273 e. The maximum atomic E-state index is 13.7. The monoisotopic (exact) mass is 447 g/mol. The van der Waals surface area contributed by atoms with Crippen LogP contribution in [0.5, 0.6) is 5.75 Å². The molecule has 1 aliphatic rings. The summed E-state index contributed by atoms with van der Waals surface area (Å²) in [7, 11) is 0. The first kappa shape index (κ1) is 20.3. The average Bonchev–Trinajstić information content (AvgIpc) is 3.32. The van der Waals surface area contributed by atoms with Crippen molar-refractivity contribution >= 4 is 17.5 Å². The molecule has 1 unspecified atom stereocenters. The molecule has 4 aromatic rings. The molecule has 3 aromatic carbocycles. The lowest BCUT2D eigenvalue weighted by Crippen LogP contribution is -2.29. The van der Waals surface area contributed by atoms with Crippen LogP contribution in [-0.2, 0) is 6.54 Å². The number of aromatic amines is 1. The fourth-order valence-corrected chi connectivity index (χ4v) is 4.36. The summed E-state index contributed by atoms with van der Waals surface area (Å²) in [5.41, 5.74) is 4.30. The Labute approximate surface area is 189 Å². The standard InChI is InChI=1S/C25H19ClFN3O2/c1-14-11-20(31)18(12-19(14)26)22-21-23(29-28-22)25(32)30(13-15-5-3-2-4-6-15)24(21)16-7-9-17(27)10-8-16/h2-12,24,31H,13H2,1H3,(H,28,29). The van der Waals surface area contributed by atoms with Gasteiger partial charge in [0.05, 0.1) is 6.04 Å². The molecule has 1 atom stereocenters. The van der Waals surface area contributed by atoms with Gasteiger partial charge in [0, 0.05) is 22.7 Å². The molecule has 1 amide bonds. The molecule has 1 aromatic heterocycles. The Kier molecular flexibility index (Phi) is 4.94. The Hall–Kier alpha value is -3.64. The number of benzene rings is 3. The molecule has 0 fully saturated rings. The Morgan fingerprint density at radius 3 is 2.56 bits per heavy atom. The molecule has 0 saturated heterocycles. The van der Waals surface area contributed by atoms with Crippen molar-refractivity contribution in [3.05, 3.63) is 106 Å². The second kappa shape index (κ2) is 7.80. The first-order valence-corrected chi connectivity index (χ1v) is 10.5. The molecule has 0 radical (unpaired) electrons. The van der Waals surface area contributed by atoms with E-state index in [1.54, 1.807) is 36.1 Å². The molecule has 7 heteroatoms. The molecule has 0 aliphatic carbocycles. The van der Waals surface area contributed by atoms with Crippen LogP contribution in [0.25, 0.3) is 11.3 Å². The Morgan fingerprint density at radius 1 is 1.12 bits per heavy atom. The Balaban J connectivity index is 1.68. The summed E-state index contributed by atoms with van der Waals surface area (Å²) in [6.45, 7) is 2.16. The number of amides is 1. The quantitative estimate of drug-likeness (QED) is 0.426. The van der Waals surface area contributed by atoms with Crippen LogP contribution in [0.3, 0.4) is 0 Å². The van der Waals surface area contributed by atoms with Crippen LogP contribution < -0.4 is 0 Å². The third kappa shape index (κ3) is 3.33. The van der Waals surface area contributed by atoms with Gasteiger partial charge in [0.2, 0.25) is 0 Å². The minimum Gasteiger partial charge on any atom is -0.507 e. The molecule has 5 nitrogen and oxygen atoms in total. The number of phenols is 1. The van der Waals surface area contributed by atoms with Crippen LogP contribution in [0, 0.1) is 12.7 Å². The summed E-state index contributed by atoms with van der Waals surface area (Å²) < 4.78 is 13.7. The van der Waals surface area contributed by atoms with Gasteiger partial charge in [0.1, 0.15) is 23.0 Å². The van der Waals surface area contributed by atoms with Crippen LogP contribution >= 0.6 is 11.6 Å². The number of hydrogen-bond donors (Lipinski definition) is 2. The number of phenolic OH excluding ortho intramolecular Hbond substituents is 1. The first-order chi connectivity index (χ1) is 15.4. The number of rotatable bonds is 4. The molecule has 0 saturated carbocycles. The first-order valence-electron chi connectivity index (χ1n) is 10.1. The molecular weight excluding hydrogens is 429 g/mol. The van der Waals surface area contributed by atoms with Crippen molar-refractivity contribution in [2.45, 2.75) is 19.5 Å². The summed E-state index contributed by atoms with van der Waals surface area (Å²) >= 11 is 6.32. The predicted octanol–water partition coefficient (Wildman–Crippen LogP) is 5.63. The number of nitrogens with one attached hydrogen (secondary N) is 1. The summed E-state index contributed by atoms with van der Waals surface area (Å²) in [6.07, 6.45) is 0. The third-order valence-electron chi connectivity index (χ3n) is 5.78. The topological polar surface area (TPSA) is 69.2 Å². The number of fused-ring (bicyclic) bond motifs is 1. The lowest BCUT2D eigenvalue weighted by molar-refractivity contribution is 0.0730. The molecule has 0 bridgehead atoms.